The Morgan fingerprint density at radius 1 is 1.30 bits per heavy atom. The number of urea groups is 1. The molecule has 0 saturated heterocycles. The number of hydrogen-bond acceptors (Lipinski definition) is 3. The van der Waals surface area contributed by atoms with Crippen LogP contribution in [0.5, 0.6) is 0 Å². The van der Waals surface area contributed by atoms with E-state index in [1.165, 1.54) is 0 Å². The zero-order valence-electron chi connectivity index (χ0n) is 13.4. The lowest BCUT2D eigenvalue weighted by molar-refractivity contribution is 0.172. The first-order valence-corrected chi connectivity index (χ1v) is 7.79. The van der Waals surface area contributed by atoms with Crippen molar-refractivity contribution in [1.82, 2.24) is 10.6 Å². The van der Waals surface area contributed by atoms with E-state index in [-0.39, 0.29) is 18.6 Å². The molecule has 2 unspecified atom stereocenters. The summed E-state index contributed by atoms with van der Waals surface area (Å²) in [7, 11) is 0. The predicted octanol–water partition coefficient (Wildman–Crippen LogP) is 3.64. The molecule has 1 aromatic heterocycles. The van der Waals surface area contributed by atoms with Gasteiger partial charge >= 0.3 is 6.03 Å². The number of furan rings is 1. The zero-order chi connectivity index (χ0) is 17.0. The van der Waals surface area contributed by atoms with E-state index in [1.54, 1.807) is 24.3 Å². The smallest absolute Gasteiger partial charge is 0.315 e. The summed E-state index contributed by atoms with van der Waals surface area (Å²) >= 11 is 5.80. The van der Waals surface area contributed by atoms with Gasteiger partial charge in [0.25, 0.3) is 0 Å². The lowest BCUT2D eigenvalue weighted by atomic mass is 10.1. The van der Waals surface area contributed by atoms with Crippen LogP contribution in [0.2, 0.25) is 5.02 Å². The minimum Gasteiger partial charge on any atom is -0.466 e. The molecule has 0 bridgehead atoms. The van der Waals surface area contributed by atoms with Crippen LogP contribution in [0, 0.1) is 13.8 Å². The van der Waals surface area contributed by atoms with Crippen molar-refractivity contribution in [3.05, 3.63) is 58.0 Å². The van der Waals surface area contributed by atoms with Crippen LogP contribution in [0.3, 0.4) is 0 Å². The summed E-state index contributed by atoms with van der Waals surface area (Å²) in [4.78, 5) is 11.9. The molecule has 6 heteroatoms. The monoisotopic (exact) mass is 336 g/mol. The van der Waals surface area contributed by atoms with Crippen LogP contribution in [0.25, 0.3) is 0 Å². The van der Waals surface area contributed by atoms with Crippen molar-refractivity contribution in [3.8, 4) is 0 Å². The summed E-state index contributed by atoms with van der Waals surface area (Å²) in [5.41, 5.74) is 1.64. The molecule has 2 atom stereocenters. The number of carbonyl (C=O) groups excluding carboxylic acids is 1. The first-order chi connectivity index (χ1) is 10.9. The molecule has 0 fully saturated rings. The number of nitrogens with one attached hydrogen (secondary N) is 2. The van der Waals surface area contributed by atoms with E-state index in [2.05, 4.69) is 10.6 Å². The maximum Gasteiger partial charge on any atom is 0.315 e. The Hall–Kier alpha value is -1.98. The summed E-state index contributed by atoms with van der Waals surface area (Å²) in [6.45, 7) is 5.73. The first-order valence-electron chi connectivity index (χ1n) is 7.41. The molecular formula is C17H21ClN2O3. The molecule has 0 saturated carbocycles. The predicted molar refractivity (Wildman–Crippen MR) is 89.5 cm³/mol. The van der Waals surface area contributed by atoms with Gasteiger partial charge in [-0.1, -0.05) is 23.7 Å². The van der Waals surface area contributed by atoms with E-state index < -0.39 is 6.10 Å². The highest BCUT2D eigenvalue weighted by Crippen LogP contribution is 2.21. The fourth-order valence-electron chi connectivity index (χ4n) is 2.40. The van der Waals surface area contributed by atoms with E-state index in [4.69, 9.17) is 16.0 Å². The van der Waals surface area contributed by atoms with Crippen LogP contribution in [0.15, 0.2) is 34.7 Å². The van der Waals surface area contributed by atoms with Crippen molar-refractivity contribution >= 4 is 17.6 Å². The average molecular weight is 337 g/mol. The third kappa shape index (κ3) is 4.74. The number of halogens is 1. The largest absolute Gasteiger partial charge is 0.466 e. The van der Waals surface area contributed by atoms with E-state index in [0.717, 1.165) is 17.1 Å². The van der Waals surface area contributed by atoms with Crippen LogP contribution in [-0.2, 0) is 0 Å². The third-order valence-electron chi connectivity index (χ3n) is 3.60. The van der Waals surface area contributed by atoms with Gasteiger partial charge < -0.3 is 20.2 Å². The molecule has 124 valence electrons. The van der Waals surface area contributed by atoms with Crippen molar-refractivity contribution in [3.63, 3.8) is 0 Å². The minimum absolute atomic E-state index is 0.115. The number of aliphatic hydroxyl groups excluding tert-OH is 1. The van der Waals surface area contributed by atoms with E-state index in [0.29, 0.717) is 10.6 Å². The molecule has 5 nitrogen and oxygen atoms in total. The number of aliphatic hydroxyl groups is 1. The normalized spacial score (nSPS) is 13.4. The Morgan fingerprint density at radius 2 is 1.96 bits per heavy atom. The van der Waals surface area contributed by atoms with Crippen molar-refractivity contribution < 1.29 is 14.3 Å². The van der Waals surface area contributed by atoms with Crippen LogP contribution in [0.1, 0.15) is 41.7 Å². The Balaban J connectivity index is 1.85. The molecule has 0 aliphatic rings. The highest BCUT2D eigenvalue weighted by Gasteiger charge is 2.16. The lowest BCUT2D eigenvalue weighted by Crippen LogP contribution is -2.39. The topological polar surface area (TPSA) is 74.5 Å². The molecule has 0 aliphatic carbocycles. The Labute approximate surface area is 140 Å². The zero-order valence-corrected chi connectivity index (χ0v) is 14.1. The second-order valence-corrected chi connectivity index (χ2v) is 5.95. The van der Waals surface area contributed by atoms with Gasteiger partial charge in [-0.15, -0.1) is 0 Å². The number of amides is 2. The number of aryl methyl sites for hydroxylation is 2. The van der Waals surface area contributed by atoms with Crippen molar-refractivity contribution in [2.45, 2.75) is 32.9 Å². The number of benzene rings is 1. The molecule has 0 spiro atoms. The molecule has 1 heterocycles. The average Bonchev–Trinajstić information content (AvgIpc) is 2.84. The van der Waals surface area contributed by atoms with Crippen LogP contribution >= 0.6 is 11.6 Å². The second-order valence-electron chi connectivity index (χ2n) is 5.51. The van der Waals surface area contributed by atoms with Gasteiger partial charge in [0, 0.05) is 17.1 Å². The summed E-state index contributed by atoms with van der Waals surface area (Å²) in [6.07, 6.45) is -0.786. The van der Waals surface area contributed by atoms with Crippen molar-refractivity contribution in [2.24, 2.45) is 0 Å². The molecule has 2 rings (SSSR count). The summed E-state index contributed by atoms with van der Waals surface area (Å²) in [5.74, 6) is 1.60. The SMILES string of the molecule is Cc1cc(C(C)NC(=O)NCC(O)c2ccc(Cl)cc2)c(C)o1. The second kappa shape index (κ2) is 7.53. The van der Waals surface area contributed by atoms with Gasteiger partial charge in [-0.2, -0.15) is 0 Å². The van der Waals surface area contributed by atoms with E-state index in [1.807, 2.05) is 26.8 Å². The fraction of sp³-hybridized carbons (Fsp3) is 0.353. The van der Waals surface area contributed by atoms with Gasteiger partial charge in [-0.3, -0.25) is 0 Å². The number of rotatable bonds is 5. The summed E-state index contributed by atoms with van der Waals surface area (Å²) in [5, 5.41) is 16.1. The van der Waals surface area contributed by atoms with Gasteiger partial charge in [0.15, 0.2) is 0 Å². The van der Waals surface area contributed by atoms with Gasteiger partial charge in [0.2, 0.25) is 0 Å². The standard InChI is InChI=1S/C17H21ClN2O3/c1-10-8-15(12(3)23-10)11(2)20-17(22)19-9-16(21)13-4-6-14(18)7-5-13/h4-8,11,16,21H,9H2,1-3H3,(H2,19,20,22). The number of hydrogen-bond donors (Lipinski definition) is 3. The maximum atomic E-state index is 11.9. The number of carbonyl (C=O) groups is 1. The molecule has 2 aromatic rings. The van der Waals surface area contributed by atoms with Gasteiger partial charge in [-0.25, -0.2) is 4.79 Å². The molecule has 0 aliphatic heterocycles. The fourth-order valence-corrected chi connectivity index (χ4v) is 2.52. The maximum absolute atomic E-state index is 11.9. The van der Waals surface area contributed by atoms with Crippen LogP contribution in [0.4, 0.5) is 4.79 Å². The highest BCUT2D eigenvalue weighted by atomic mass is 35.5. The van der Waals surface area contributed by atoms with E-state index in [9.17, 15) is 9.90 Å². The summed E-state index contributed by atoms with van der Waals surface area (Å²) < 4.78 is 5.46. The van der Waals surface area contributed by atoms with Crippen molar-refractivity contribution in [1.29, 1.82) is 0 Å². The van der Waals surface area contributed by atoms with Gasteiger partial charge in [0.1, 0.15) is 11.5 Å². The van der Waals surface area contributed by atoms with Crippen LogP contribution in [-0.4, -0.2) is 17.7 Å². The van der Waals surface area contributed by atoms with Gasteiger partial charge in [0.05, 0.1) is 12.1 Å². The van der Waals surface area contributed by atoms with E-state index >= 15 is 0 Å². The highest BCUT2D eigenvalue weighted by molar-refractivity contribution is 6.30. The molecule has 1 aromatic carbocycles. The molecular weight excluding hydrogens is 316 g/mol. The Morgan fingerprint density at radius 3 is 2.52 bits per heavy atom. The lowest BCUT2D eigenvalue weighted by Gasteiger charge is -2.16. The molecule has 3 N–H and O–H groups in total. The van der Waals surface area contributed by atoms with Crippen molar-refractivity contribution in [2.75, 3.05) is 6.54 Å². The Kier molecular flexibility index (Phi) is 5.69. The molecule has 23 heavy (non-hydrogen) atoms. The summed E-state index contributed by atoms with van der Waals surface area (Å²) in [6, 6.07) is 8.24. The minimum atomic E-state index is -0.786. The molecule has 2 amide bonds. The Bertz CT molecular complexity index is 667. The molecule has 0 radical (unpaired) electrons. The first kappa shape index (κ1) is 17.4. The third-order valence-corrected chi connectivity index (χ3v) is 3.86. The quantitative estimate of drug-likeness (QED) is 0.780. The van der Waals surface area contributed by atoms with Crippen LogP contribution < -0.4 is 10.6 Å². The van der Waals surface area contributed by atoms with Gasteiger partial charge in [-0.05, 0) is 44.5 Å².